The minimum absolute atomic E-state index is 0.127. The van der Waals surface area contributed by atoms with Crippen molar-refractivity contribution in [2.75, 3.05) is 6.61 Å². The van der Waals surface area contributed by atoms with Crippen molar-refractivity contribution in [1.82, 2.24) is 19.9 Å². The number of hydrogen-bond acceptors (Lipinski definition) is 6. The second-order valence-electron chi connectivity index (χ2n) is 8.09. The standard InChI is InChI=1S/C18H28N4O4/c1-6-25-16(23)15-11(2)22(20-19-15)14-9-12-7-8-13(10-14)21(12)17(24)26-18(3,4)5/h12-14H,6-10H2,1-5H3/t12-,13+,14?. The lowest BCUT2D eigenvalue weighted by molar-refractivity contribution is 0.00214. The number of piperidine rings is 1. The van der Waals surface area contributed by atoms with Gasteiger partial charge in [0.15, 0.2) is 5.69 Å². The molecule has 2 saturated heterocycles. The molecule has 2 fully saturated rings. The van der Waals surface area contributed by atoms with Crippen LogP contribution in [0.3, 0.4) is 0 Å². The van der Waals surface area contributed by atoms with Gasteiger partial charge in [0.2, 0.25) is 0 Å². The van der Waals surface area contributed by atoms with Crippen molar-refractivity contribution in [3.05, 3.63) is 11.4 Å². The van der Waals surface area contributed by atoms with Gasteiger partial charge in [-0.1, -0.05) is 5.21 Å². The van der Waals surface area contributed by atoms with Crippen LogP contribution in [0.25, 0.3) is 0 Å². The van der Waals surface area contributed by atoms with E-state index in [1.54, 1.807) is 6.92 Å². The van der Waals surface area contributed by atoms with Gasteiger partial charge < -0.3 is 14.4 Å². The number of ether oxygens (including phenoxy) is 2. The molecule has 2 aliphatic heterocycles. The molecule has 2 bridgehead atoms. The summed E-state index contributed by atoms with van der Waals surface area (Å²) in [6.45, 7) is 9.57. The zero-order chi connectivity index (χ0) is 19.1. The zero-order valence-corrected chi connectivity index (χ0v) is 16.2. The van der Waals surface area contributed by atoms with Gasteiger partial charge >= 0.3 is 12.1 Å². The van der Waals surface area contributed by atoms with Gasteiger partial charge in [0, 0.05) is 12.1 Å². The van der Waals surface area contributed by atoms with E-state index in [-0.39, 0.29) is 29.9 Å². The summed E-state index contributed by atoms with van der Waals surface area (Å²) in [4.78, 5) is 26.4. The fourth-order valence-electron chi connectivity index (χ4n) is 4.04. The van der Waals surface area contributed by atoms with E-state index in [9.17, 15) is 9.59 Å². The minimum atomic E-state index is -0.496. The molecule has 8 heteroatoms. The van der Waals surface area contributed by atoms with E-state index in [2.05, 4.69) is 10.3 Å². The molecule has 1 aromatic rings. The van der Waals surface area contributed by atoms with Crippen molar-refractivity contribution in [2.45, 2.75) is 84.0 Å². The third-order valence-corrected chi connectivity index (χ3v) is 5.05. The molecule has 1 aromatic heterocycles. The van der Waals surface area contributed by atoms with Gasteiger partial charge in [-0.15, -0.1) is 5.10 Å². The quantitative estimate of drug-likeness (QED) is 0.767. The first kappa shape index (κ1) is 18.7. The maximum absolute atomic E-state index is 12.6. The van der Waals surface area contributed by atoms with Crippen LogP contribution in [0.2, 0.25) is 0 Å². The lowest BCUT2D eigenvalue weighted by Gasteiger charge is -2.39. The van der Waals surface area contributed by atoms with E-state index in [4.69, 9.17) is 9.47 Å². The third kappa shape index (κ3) is 3.54. The smallest absolute Gasteiger partial charge is 0.410 e. The molecule has 3 rings (SSSR count). The van der Waals surface area contributed by atoms with E-state index in [1.165, 1.54) is 0 Å². The average molecular weight is 364 g/mol. The van der Waals surface area contributed by atoms with Crippen LogP contribution in [0.5, 0.6) is 0 Å². The van der Waals surface area contributed by atoms with Crippen molar-refractivity contribution in [3.8, 4) is 0 Å². The highest BCUT2D eigenvalue weighted by molar-refractivity contribution is 5.88. The van der Waals surface area contributed by atoms with Crippen molar-refractivity contribution < 1.29 is 19.1 Å². The Balaban J connectivity index is 1.73. The first-order chi connectivity index (χ1) is 12.2. The SMILES string of the molecule is CCOC(=O)c1nnn(C2C[C@H]3CC[C@@H](C2)N3C(=O)OC(C)(C)C)c1C. The van der Waals surface area contributed by atoms with Crippen LogP contribution in [0.1, 0.15) is 75.6 Å². The predicted octanol–water partition coefficient (Wildman–Crippen LogP) is 2.87. The summed E-state index contributed by atoms with van der Waals surface area (Å²) in [7, 11) is 0. The minimum Gasteiger partial charge on any atom is -0.461 e. The summed E-state index contributed by atoms with van der Waals surface area (Å²) >= 11 is 0. The van der Waals surface area contributed by atoms with Gasteiger partial charge in [0.05, 0.1) is 18.3 Å². The lowest BCUT2D eigenvalue weighted by atomic mass is 9.97. The van der Waals surface area contributed by atoms with Crippen molar-refractivity contribution in [2.24, 2.45) is 0 Å². The van der Waals surface area contributed by atoms with E-state index < -0.39 is 11.6 Å². The number of nitrogens with zero attached hydrogens (tertiary/aromatic N) is 4. The monoisotopic (exact) mass is 364 g/mol. The fraction of sp³-hybridized carbons (Fsp3) is 0.778. The number of fused-ring (bicyclic) bond motifs is 2. The Morgan fingerprint density at radius 3 is 2.31 bits per heavy atom. The molecule has 3 heterocycles. The van der Waals surface area contributed by atoms with Gasteiger partial charge in [-0.05, 0) is 60.3 Å². The van der Waals surface area contributed by atoms with Crippen molar-refractivity contribution in [3.63, 3.8) is 0 Å². The topological polar surface area (TPSA) is 86.5 Å². The summed E-state index contributed by atoms with van der Waals surface area (Å²) in [5.41, 5.74) is 0.497. The molecule has 0 radical (unpaired) electrons. The molecule has 0 aromatic carbocycles. The maximum Gasteiger partial charge on any atom is 0.410 e. The van der Waals surface area contributed by atoms with Gasteiger partial charge in [-0.2, -0.15) is 0 Å². The van der Waals surface area contributed by atoms with E-state index in [1.807, 2.05) is 37.3 Å². The highest BCUT2D eigenvalue weighted by Crippen LogP contribution is 2.41. The van der Waals surface area contributed by atoms with Crippen LogP contribution in [0.4, 0.5) is 4.79 Å². The number of amides is 1. The number of hydrogen-bond donors (Lipinski definition) is 0. The van der Waals surface area contributed by atoms with Crippen LogP contribution in [-0.4, -0.2) is 56.2 Å². The molecule has 8 nitrogen and oxygen atoms in total. The largest absolute Gasteiger partial charge is 0.461 e. The second kappa shape index (κ2) is 6.89. The summed E-state index contributed by atoms with van der Waals surface area (Å²) in [5.74, 6) is -0.439. The molecule has 26 heavy (non-hydrogen) atoms. The van der Waals surface area contributed by atoms with E-state index in [0.717, 1.165) is 31.4 Å². The van der Waals surface area contributed by atoms with Crippen LogP contribution in [-0.2, 0) is 9.47 Å². The van der Waals surface area contributed by atoms with Crippen molar-refractivity contribution in [1.29, 1.82) is 0 Å². The molecule has 1 unspecified atom stereocenters. The van der Waals surface area contributed by atoms with Crippen LogP contribution < -0.4 is 0 Å². The highest BCUT2D eigenvalue weighted by atomic mass is 16.6. The van der Waals surface area contributed by atoms with E-state index >= 15 is 0 Å². The van der Waals surface area contributed by atoms with Gasteiger partial charge in [-0.3, -0.25) is 0 Å². The Morgan fingerprint density at radius 1 is 1.15 bits per heavy atom. The first-order valence-electron chi connectivity index (χ1n) is 9.31. The first-order valence-corrected chi connectivity index (χ1v) is 9.31. The molecule has 2 aliphatic rings. The zero-order valence-electron chi connectivity index (χ0n) is 16.2. The molecular weight excluding hydrogens is 336 g/mol. The van der Waals surface area contributed by atoms with Crippen LogP contribution in [0.15, 0.2) is 0 Å². The van der Waals surface area contributed by atoms with Gasteiger partial charge in [-0.25, -0.2) is 14.3 Å². The van der Waals surface area contributed by atoms with Crippen LogP contribution in [0, 0.1) is 6.92 Å². The second-order valence-corrected chi connectivity index (χ2v) is 8.09. The summed E-state index contributed by atoms with van der Waals surface area (Å²) in [5, 5.41) is 8.22. The van der Waals surface area contributed by atoms with Gasteiger partial charge in [0.25, 0.3) is 0 Å². The molecule has 0 aliphatic carbocycles. The van der Waals surface area contributed by atoms with Crippen LogP contribution >= 0.6 is 0 Å². The molecule has 3 atom stereocenters. The number of carbonyl (C=O) groups is 2. The lowest BCUT2D eigenvalue weighted by Crippen LogP contribution is -2.49. The summed E-state index contributed by atoms with van der Waals surface area (Å²) < 4.78 is 12.4. The maximum atomic E-state index is 12.6. The Bertz CT molecular complexity index is 680. The Labute approximate surface area is 153 Å². The number of esters is 1. The Kier molecular flexibility index (Phi) is 4.94. The Hall–Kier alpha value is -2.12. The third-order valence-electron chi connectivity index (χ3n) is 5.05. The molecule has 0 spiro atoms. The van der Waals surface area contributed by atoms with E-state index in [0.29, 0.717) is 6.61 Å². The van der Waals surface area contributed by atoms with Gasteiger partial charge in [0.1, 0.15) is 5.60 Å². The molecule has 144 valence electrons. The predicted molar refractivity (Wildman–Crippen MR) is 93.9 cm³/mol. The highest BCUT2D eigenvalue weighted by Gasteiger charge is 2.46. The molecular formula is C18H28N4O4. The number of carbonyl (C=O) groups excluding carboxylic acids is 2. The Morgan fingerprint density at radius 2 is 1.77 bits per heavy atom. The summed E-state index contributed by atoms with van der Waals surface area (Å²) in [6.07, 6.45) is 3.30. The molecule has 1 amide bonds. The average Bonchev–Trinajstić information content (AvgIpc) is 3.04. The summed E-state index contributed by atoms with van der Waals surface area (Å²) in [6, 6.07) is 0.411. The fourth-order valence-corrected chi connectivity index (χ4v) is 4.04. The van der Waals surface area contributed by atoms with Crippen molar-refractivity contribution >= 4 is 12.1 Å². The molecule has 0 N–H and O–H groups in total. The number of aromatic nitrogens is 3. The number of rotatable bonds is 3. The normalized spacial score (nSPS) is 25.3. The molecule has 0 saturated carbocycles.